The lowest BCUT2D eigenvalue weighted by Crippen LogP contribution is -2.39. The lowest BCUT2D eigenvalue weighted by Gasteiger charge is -2.21. The van der Waals surface area contributed by atoms with E-state index in [1.54, 1.807) is 11.6 Å². The van der Waals surface area contributed by atoms with E-state index in [9.17, 15) is 9.59 Å². The number of hydrogen-bond donors (Lipinski definition) is 1. The van der Waals surface area contributed by atoms with Gasteiger partial charge in [-0.1, -0.05) is 0 Å². The average molecular weight is 370 g/mol. The van der Waals surface area contributed by atoms with Crippen LogP contribution in [0.25, 0.3) is 0 Å². The summed E-state index contributed by atoms with van der Waals surface area (Å²) in [7, 11) is 1.64. The van der Waals surface area contributed by atoms with Crippen molar-refractivity contribution in [2.24, 2.45) is 13.0 Å². The molecule has 4 rings (SSSR count). The molecule has 3 heterocycles. The second-order valence-electron chi connectivity index (χ2n) is 7.57. The average Bonchev–Trinajstić information content (AvgIpc) is 2.95. The molecule has 0 saturated heterocycles. The second-order valence-corrected chi connectivity index (χ2v) is 7.57. The molecule has 144 valence electrons. The third-order valence-corrected chi connectivity index (χ3v) is 5.66. The molecule has 1 aliphatic heterocycles. The molecule has 2 aliphatic rings. The highest BCUT2D eigenvalue weighted by Crippen LogP contribution is 2.21. The number of rotatable bonds is 4. The molecule has 8 heteroatoms. The number of amides is 1. The quantitative estimate of drug-likeness (QED) is 0.845. The van der Waals surface area contributed by atoms with Gasteiger partial charge in [0.1, 0.15) is 11.6 Å². The molecule has 8 nitrogen and oxygen atoms in total. The highest BCUT2D eigenvalue weighted by molar-refractivity contribution is 5.78. The van der Waals surface area contributed by atoms with Crippen LogP contribution in [0.3, 0.4) is 0 Å². The van der Waals surface area contributed by atoms with E-state index in [2.05, 4.69) is 22.3 Å². The Hall–Kier alpha value is -2.51. The van der Waals surface area contributed by atoms with E-state index < -0.39 is 0 Å². The Labute approximate surface area is 158 Å². The number of aromatic nitrogens is 5. The lowest BCUT2D eigenvalue weighted by atomic mass is 9.95. The minimum atomic E-state index is -0.189. The predicted octanol–water partition coefficient (Wildman–Crippen LogP) is 0.480. The Morgan fingerprint density at radius 1 is 1.22 bits per heavy atom. The lowest BCUT2D eigenvalue weighted by molar-refractivity contribution is -0.125. The van der Waals surface area contributed by atoms with Gasteiger partial charge in [-0.25, -0.2) is 19.4 Å². The van der Waals surface area contributed by atoms with Crippen molar-refractivity contribution in [3.8, 4) is 0 Å². The first-order chi connectivity index (χ1) is 13.0. The fraction of sp³-hybridized carbons (Fsp3) is 0.632. The number of carbonyl (C=O) groups is 1. The predicted molar refractivity (Wildman–Crippen MR) is 99.4 cm³/mol. The van der Waals surface area contributed by atoms with Gasteiger partial charge < -0.3 is 5.32 Å². The van der Waals surface area contributed by atoms with Crippen molar-refractivity contribution in [1.82, 2.24) is 29.6 Å². The largest absolute Gasteiger partial charge is 0.355 e. The standard InChI is InChI=1S/C19H26N6O2/c1-12-14-5-3-4-6-15(14)22-16(21-12)9-10-20-18(26)13-7-8-17-23-24(2)19(27)25(17)11-13/h13H,3-11H2,1-2H3,(H,20,26)/t13-/m0/s1. The van der Waals surface area contributed by atoms with Crippen LogP contribution in [-0.2, 0) is 44.1 Å². The molecule has 0 bridgehead atoms. The fourth-order valence-corrected chi connectivity index (χ4v) is 4.15. The molecular formula is C19H26N6O2. The number of fused-ring (bicyclic) bond motifs is 2. The van der Waals surface area contributed by atoms with Gasteiger partial charge in [0.15, 0.2) is 0 Å². The van der Waals surface area contributed by atoms with E-state index in [0.717, 1.165) is 36.6 Å². The van der Waals surface area contributed by atoms with Crippen LogP contribution in [0.5, 0.6) is 0 Å². The minimum absolute atomic E-state index is 0.00825. The third kappa shape index (κ3) is 3.52. The summed E-state index contributed by atoms with van der Waals surface area (Å²) in [6.45, 7) is 2.98. The van der Waals surface area contributed by atoms with Crippen LogP contribution < -0.4 is 11.0 Å². The van der Waals surface area contributed by atoms with E-state index in [1.165, 1.54) is 28.8 Å². The van der Waals surface area contributed by atoms with Crippen LogP contribution in [0.1, 0.15) is 47.9 Å². The maximum atomic E-state index is 12.5. The Morgan fingerprint density at radius 2 is 2.04 bits per heavy atom. The van der Waals surface area contributed by atoms with Gasteiger partial charge in [0, 0.05) is 44.4 Å². The SMILES string of the molecule is Cc1nc(CCNC(=O)[C@H]2CCc3nn(C)c(=O)n3C2)nc2c1CCCC2. The number of carbonyl (C=O) groups excluding carboxylic acids is 1. The molecule has 2 aromatic rings. The molecule has 2 aromatic heterocycles. The number of nitrogens with zero attached hydrogens (tertiary/aromatic N) is 5. The first kappa shape index (κ1) is 17.9. The van der Waals surface area contributed by atoms with E-state index in [1.807, 2.05) is 0 Å². The van der Waals surface area contributed by atoms with Gasteiger partial charge in [-0.3, -0.25) is 9.36 Å². The van der Waals surface area contributed by atoms with E-state index in [4.69, 9.17) is 4.98 Å². The molecule has 1 N–H and O–H groups in total. The van der Waals surface area contributed by atoms with Gasteiger partial charge in [-0.05, 0) is 44.6 Å². The van der Waals surface area contributed by atoms with E-state index >= 15 is 0 Å². The molecule has 0 unspecified atom stereocenters. The molecule has 0 radical (unpaired) electrons. The highest BCUT2D eigenvalue weighted by Gasteiger charge is 2.27. The zero-order chi connectivity index (χ0) is 19.0. The Morgan fingerprint density at radius 3 is 2.89 bits per heavy atom. The van der Waals surface area contributed by atoms with Crippen molar-refractivity contribution >= 4 is 5.91 Å². The molecular weight excluding hydrogens is 344 g/mol. The topological polar surface area (TPSA) is 94.7 Å². The normalized spacial score (nSPS) is 18.7. The summed E-state index contributed by atoms with van der Waals surface area (Å²) in [5.74, 6) is 1.38. The first-order valence-corrected chi connectivity index (χ1v) is 9.78. The Bertz CT molecular complexity index is 929. The van der Waals surface area contributed by atoms with Crippen molar-refractivity contribution in [3.63, 3.8) is 0 Å². The molecule has 0 spiro atoms. The summed E-state index contributed by atoms with van der Waals surface area (Å²) < 4.78 is 2.95. The first-order valence-electron chi connectivity index (χ1n) is 9.78. The maximum absolute atomic E-state index is 12.5. The summed E-state index contributed by atoms with van der Waals surface area (Å²) in [4.78, 5) is 33.9. The van der Waals surface area contributed by atoms with Crippen LogP contribution in [0.4, 0.5) is 0 Å². The van der Waals surface area contributed by atoms with Gasteiger partial charge in [0.25, 0.3) is 0 Å². The number of aryl methyl sites for hydroxylation is 4. The van der Waals surface area contributed by atoms with Crippen LogP contribution >= 0.6 is 0 Å². The zero-order valence-electron chi connectivity index (χ0n) is 16.0. The van der Waals surface area contributed by atoms with Crippen molar-refractivity contribution in [1.29, 1.82) is 0 Å². The molecule has 1 atom stereocenters. The molecule has 1 amide bonds. The highest BCUT2D eigenvalue weighted by atomic mass is 16.2. The zero-order valence-corrected chi connectivity index (χ0v) is 16.0. The van der Waals surface area contributed by atoms with Gasteiger partial charge in [0.05, 0.1) is 5.92 Å². The van der Waals surface area contributed by atoms with Gasteiger partial charge in [0.2, 0.25) is 5.91 Å². The van der Waals surface area contributed by atoms with Crippen molar-refractivity contribution < 1.29 is 4.79 Å². The van der Waals surface area contributed by atoms with Crippen LogP contribution in [0.15, 0.2) is 4.79 Å². The smallest absolute Gasteiger partial charge is 0.345 e. The van der Waals surface area contributed by atoms with Crippen molar-refractivity contribution in [2.45, 2.75) is 58.4 Å². The van der Waals surface area contributed by atoms with Crippen molar-refractivity contribution in [2.75, 3.05) is 6.54 Å². The summed E-state index contributed by atoms with van der Waals surface area (Å²) in [6, 6.07) is 0. The monoisotopic (exact) mass is 370 g/mol. The van der Waals surface area contributed by atoms with E-state index in [0.29, 0.717) is 25.9 Å². The van der Waals surface area contributed by atoms with Gasteiger partial charge in [-0.15, -0.1) is 0 Å². The molecule has 0 aromatic carbocycles. The van der Waals surface area contributed by atoms with Gasteiger partial charge in [-0.2, -0.15) is 5.10 Å². The van der Waals surface area contributed by atoms with Gasteiger partial charge >= 0.3 is 5.69 Å². The van der Waals surface area contributed by atoms with Crippen LogP contribution in [0, 0.1) is 12.8 Å². The molecule has 0 fully saturated rings. The fourth-order valence-electron chi connectivity index (χ4n) is 4.15. The molecule has 27 heavy (non-hydrogen) atoms. The van der Waals surface area contributed by atoms with Crippen LogP contribution in [0.2, 0.25) is 0 Å². The van der Waals surface area contributed by atoms with E-state index in [-0.39, 0.29) is 17.5 Å². The summed E-state index contributed by atoms with van der Waals surface area (Å²) >= 11 is 0. The Balaban J connectivity index is 1.34. The molecule has 0 saturated carbocycles. The number of hydrogen-bond acceptors (Lipinski definition) is 5. The van der Waals surface area contributed by atoms with Crippen LogP contribution in [-0.4, -0.2) is 36.8 Å². The Kier molecular flexibility index (Phi) is 4.80. The molecule has 1 aliphatic carbocycles. The maximum Gasteiger partial charge on any atom is 0.345 e. The second kappa shape index (κ2) is 7.25. The summed E-state index contributed by atoms with van der Waals surface area (Å²) in [5.41, 5.74) is 3.43. The number of nitrogens with one attached hydrogen (secondary N) is 1. The van der Waals surface area contributed by atoms with Crippen molar-refractivity contribution in [3.05, 3.63) is 39.1 Å². The minimum Gasteiger partial charge on any atom is -0.355 e. The third-order valence-electron chi connectivity index (χ3n) is 5.66. The summed E-state index contributed by atoms with van der Waals surface area (Å²) in [6.07, 6.45) is 6.52. The summed E-state index contributed by atoms with van der Waals surface area (Å²) in [5, 5.41) is 7.20.